The van der Waals surface area contributed by atoms with Crippen LogP contribution in [0.5, 0.6) is 0 Å². The molecule has 2 heterocycles. The Morgan fingerprint density at radius 1 is 1.24 bits per heavy atom. The van der Waals surface area contributed by atoms with Gasteiger partial charge in [0.05, 0.1) is 12.2 Å². The molecule has 1 unspecified atom stereocenters. The van der Waals surface area contributed by atoms with E-state index in [4.69, 9.17) is 0 Å². The van der Waals surface area contributed by atoms with Crippen molar-refractivity contribution < 1.29 is 4.79 Å². The Hall–Kier alpha value is -3.03. The van der Waals surface area contributed by atoms with Gasteiger partial charge in [0.15, 0.2) is 0 Å². The van der Waals surface area contributed by atoms with E-state index in [2.05, 4.69) is 25.9 Å². The minimum atomic E-state index is -0.488. The average molecular weight is 339 g/mol. The fraction of sp³-hybridized carbons (Fsp3) is 0.353. The molecular formula is C17H21N7O. The van der Waals surface area contributed by atoms with Gasteiger partial charge < -0.3 is 5.32 Å². The van der Waals surface area contributed by atoms with Crippen LogP contribution in [0.2, 0.25) is 0 Å². The number of carbonyl (C=O) groups is 1. The highest BCUT2D eigenvalue weighted by atomic mass is 16.2. The van der Waals surface area contributed by atoms with Crippen molar-refractivity contribution in [2.75, 3.05) is 6.54 Å². The molecule has 1 N–H and O–H groups in total. The first-order valence-electron chi connectivity index (χ1n) is 8.18. The molecular weight excluding hydrogens is 318 g/mol. The molecule has 0 aliphatic heterocycles. The molecule has 130 valence electrons. The molecule has 0 bridgehead atoms. The van der Waals surface area contributed by atoms with Crippen molar-refractivity contribution in [2.24, 2.45) is 0 Å². The van der Waals surface area contributed by atoms with Crippen LogP contribution >= 0.6 is 0 Å². The summed E-state index contributed by atoms with van der Waals surface area (Å²) in [5.41, 5.74) is 3.10. The summed E-state index contributed by atoms with van der Waals surface area (Å²) in [4.78, 5) is 12.7. The van der Waals surface area contributed by atoms with E-state index in [9.17, 15) is 4.79 Å². The molecule has 1 amide bonds. The monoisotopic (exact) mass is 339 g/mol. The van der Waals surface area contributed by atoms with Crippen molar-refractivity contribution in [3.05, 3.63) is 59.7 Å². The predicted octanol–water partition coefficient (Wildman–Crippen LogP) is 1.09. The second-order valence-electron chi connectivity index (χ2n) is 5.94. The molecule has 1 atom stereocenters. The number of nitrogens with zero attached hydrogens (tertiary/aromatic N) is 6. The Morgan fingerprint density at radius 3 is 2.68 bits per heavy atom. The Balaban J connectivity index is 1.64. The number of rotatable bonds is 7. The Bertz CT molecular complexity index is 811. The van der Waals surface area contributed by atoms with Gasteiger partial charge in [-0.05, 0) is 35.9 Å². The molecule has 25 heavy (non-hydrogen) atoms. The van der Waals surface area contributed by atoms with E-state index < -0.39 is 6.04 Å². The van der Waals surface area contributed by atoms with Crippen molar-refractivity contribution in [1.29, 1.82) is 0 Å². The summed E-state index contributed by atoms with van der Waals surface area (Å²) >= 11 is 0. The van der Waals surface area contributed by atoms with Crippen LogP contribution in [0.3, 0.4) is 0 Å². The Morgan fingerprint density at radius 2 is 2.04 bits per heavy atom. The van der Waals surface area contributed by atoms with Gasteiger partial charge in [-0.2, -0.15) is 5.10 Å². The lowest BCUT2D eigenvalue weighted by molar-refractivity contribution is -0.124. The maximum Gasteiger partial charge on any atom is 0.245 e. The fourth-order valence-electron chi connectivity index (χ4n) is 2.76. The average Bonchev–Trinajstić information content (AvgIpc) is 3.23. The topological polar surface area (TPSA) is 90.5 Å². The fourth-order valence-corrected chi connectivity index (χ4v) is 2.76. The summed E-state index contributed by atoms with van der Waals surface area (Å²) in [5, 5.41) is 18.5. The number of aromatic nitrogens is 6. The summed E-state index contributed by atoms with van der Waals surface area (Å²) in [5.74, 6) is -0.113. The molecule has 2 aromatic heterocycles. The molecule has 0 spiro atoms. The molecule has 3 rings (SSSR count). The molecule has 3 aromatic rings. The summed E-state index contributed by atoms with van der Waals surface area (Å²) < 4.78 is 3.38. The summed E-state index contributed by atoms with van der Waals surface area (Å²) in [6.45, 7) is 5.07. The highest BCUT2D eigenvalue weighted by Gasteiger charge is 2.22. The minimum absolute atomic E-state index is 0.113. The molecule has 1 aromatic carbocycles. The van der Waals surface area contributed by atoms with Crippen LogP contribution < -0.4 is 5.32 Å². The van der Waals surface area contributed by atoms with Crippen molar-refractivity contribution in [3.63, 3.8) is 0 Å². The second-order valence-corrected chi connectivity index (χ2v) is 5.94. The number of nitrogens with one attached hydrogen (secondary N) is 1. The summed E-state index contributed by atoms with van der Waals surface area (Å²) in [6.07, 6.45) is 1.99. The third kappa shape index (κ3) is 4.28. The molecule has 0 aliphatic rings. The van der Waals surface area contributed by atoms with E-state index in [1.807, 2.05) is 54.9 Å². The van der Waals surface area contributed by atoms with Gasteiger partial charge in [0.2, 0.25) is 5.91 Å². The molecule has 8 heteroatoms. The quantitative estimate of drug-likeness (QED) is 0.696. The third-order valence-corrected chi connectivity index (χ3v) is 3.98. The maximum atomic E-state index is 12.7. The van der Waals surface area contributed by atoms with Crippen LogP contribution in [0.4, 0.5) is 0 Å². The SMILES string of the molecule is Cc1cc(C)n(CCNC(=O)C(Cc2ccccc2)n2cnnn2)n1. The zero-order valence-electron chi connectivity index (χ0n) is 14.3. The first-order chi connectivity index (χ1) is 12.1. The van der Waals surface area contributed by atoms with Crippen LogP contribution in [-0.2, 0) is 17.8 Å². The van der Waals surface area contributed by atoms with Gasteiger partial charge in [-0.3, -0.25) is 9.48 Å². The number of hydrogen-bond donors (Lipinski definition) is 1. The van der Waals surface area contributed by atoms with Gasteiger partial charge in [-0.15, -0.1) is 5.10 Å². The standard InChI is InChI=1S/C17H21N7O/c1-13-10-14(2)23(20-13)9-8-18-17(25)16(24-12-19-21-22-24)11-15-6-4-3-5-7-15/h3-7,10,12,16H,8-9,11H2,1-2H3,(H,18,25). The van der Waals surface area contributed by atoms with Crippen molar-refractivity contribution >= 4 is 5.91 Å². The molecule has 0 fully saturated rings. The Kier molecular flexibility index (Phi) is 5.17. The summed E-state index contributed by atoms with van der Waals surface area (Å²) in [7, 11) is 0. The molecule has 0 radical (unpaired) electrons. The first kappa shape index (κ1) is 16.8. The van der Waals surface area contributed by atoms with E-state index in [-0.39, 0.29) is 5.91 Å². The lowest BCUT2D eigenvalue weighted by Gasteiger charge is -2.16. The minimum Gasteiger partial charge on any atom is -0.352 e. The van der Waals surface area contributed by atoms with Gasteiger partial charge in [-0.1, -0.05) is 30.3 Å². The van der Waals surface area contributed by atoms with Crippen molar-refractivity contribution in [2.45, 2.75) is 32.9 Å². The van der Waals surface area contributed by atoms with E-state index in [0.29, 0.717) is 19.5 Å². The predicted molar refractivity (Wildman–Crippen MR) is 91.7 cm³/mol. The van der Waals surface area contributed by atoms with Crippen LogP contribution in [0, 0.1) is 13.8 Å². The number of carbonyl (C=O) groups excluding carboxylic acids is 1. The van der Waals surface area contributed by atoms with Crippen LogP contribution in [0.25, 0.3) is 0 Å². The number of tetrazole rings is 1. The van der Waals surface area contributed by atoms with Gasteiger partial charge >= 0.3 is 0 Å². The lowest BCUT2D eigenvalue weighted by Crippen LogP contribution is -2.36. The van der Waals surface area contributed by atoms with E-state index >= 15 is 0 Å². The smallest absolute Gasteiger partial charge is 0.245 e. The highest BCUT2D eigenvalue weighted by Crippen LogP contribution is 2.13. The third-order valence-electron chi connectivity index (χ3n) is 3.98. The Labute approximate surface area is 145 Å². The molecule has 0 saturated carbocycles. The van der Waals surface area contributed by atoms with Gasteiger partial charge in [0.25, 0.3) is 0 Å². The van der Waals surface area contributed by atoms with E-state index in [1.165, 1.54) is 11.0 Å². The maximum absolute atomic E-state index is 12.7. The molecule has 0 aliphatic carbocycles. The van der Waals surface area contributed by atoms with E-state index in [1.54, 1.807) is 0 Å². The second kappa shape index (κ2) is 7.69. The largest absolute Gasteiger partial charge is 0.352 e. The normalized spacial score (nSPS) is 12.1. The highest BCUT2D eigenvalue weighted by molar-refractivity contribution is 5.80. The number of amides is 1. The van der Waals surface area contributed by atoms with Gasteiger partial charge in [0, 0.05) is 18.7 Å². The van der Waals surface area contributed by atoms with Gasteiger partial charge in [-0.25, -0.2) is 4.68 Å². The zero-order chi connectivity index (χ0) is 17.6. The van der Waals surface area contributed by atoms with Crippen molar-refractivity contribution in [3.8, 4) is 0 Å². The van der Waals surface area contributed by atoms with Crippen LogP contribution in [0.1, 0.15) is 23.0 Å². The molecule has 0 saturated heterocycles. The number of benzene rings is 1. The van der Waals surface area contributed by atoms with Gasteiger partial charge in [0.1, 0.15) is 12.4 Å². The van der Waals surface area contributed by atoms with E-state index in [0.717, 1.165) is 17.0 Å². The first-order valence-corrected chi connectivity index (χ1v) is 8.18. The number of aryl methyl sites for hydroxylation is 2. The lowest BCUT2D eigenvalue weighted by atomic mass is 10.1. The summed E-state index contributed by atoms with van der Waals surface area (Å²) in [6, 6.07) is 11.4. The zero-order valence-corrected chi connectivity index (χ0v) is 14.3. The van der Waals surface area contributed by atoms with Crippen molar-refractivity contribution in [1.82, 2.24) is 35.3 Å². The molecule has 8 nitrogen and oxygen atoms in total. The van der Waals surface area contributed by atoms with Crippen LogP contribution in [0.15, 0.2) is 42.7 Å². The van der Waals surface area contributed by atoms with Crippen LogP contribution in [-0.4, -0.2) is 42.4 Å². The number of hydrogen-bond acceptors (Lipinski definition) is 5.